The fourth-order valence-corrected chi connectivity index (χ4v) is 3.89. The predicted octanol–water partition coefficient (Wildman–Crippen LogP) is 3.04. The Morgan fingerprint density at radius 1 is 1.08 bits per heavy atom. The molecule has 0 fully saturated rings. The molecule has 0 bridgehead atoms. The van der Waals surface area contributed by atoms with E-state index in [9.17, 15) is 12.8 Å². The van der Waals surface area contributed by atoms with Gasteiger partial charge in [0.15, 0.2) is 11.6 Å². The first-order valence-corrected chi connectivity index (χ1v) is 9.22. The van der Waals surface area contributed by atoms with E-state index in [0.717, 1.165) is 5.56 Å². The molecule has 0 saturated heterocycles. The molecule has 7 heteroatoms. The summed E-state index contributed by atoms with van der Waals surface area (Å²) in [4.78, 5) is 0.167. The van der Waals surface area contributed by atoms with E-state index < -0.39 is 15.8 Å². The molecule has 0 atom stereocenters. The molecule has 0 heterocycles. The van der Waals surface area contributed by atoms with Crippen LogP contribution in [0.4, 0.5) is 4.39 Å². The van der Waals surface area contributed by atoms with Crippen LogP contribution in [0, 0.1) is 19.7 Å². The summed E-state index contributed by atoms with van der Waals surface area (Å²) in [5, 5.41) is 0. The standard InChI is InChI=1S/C18H22FNO4S/c1-12-9-13(2)18(25(21,22)20-7-8-23-3)11-15(12)14-5-6-17(24-4)16(19)10-14/h5-6,9-11,20H,7-8H2,1-4H3. The average Bonchev–Trinajstić information content (AvgIpc) is 2.54. The van der Waals surface area contributed by atoms with Crippen molar-refractivity contribution >= 4 is 10.0 Å². The van der Waals surface area contributed by atoms with Gasteiger partial charge in [0.2, 0.25) is 10.0 Å². The van der Waals surface area contributed by atoms with Crippen LogP contribution in [0.2, 0.25) is 0 Å². The van der Waals surface area contributed by atoms with E-state index in [1.807, 2.05) is 6.92 Å². The number of benzene rings is 2. The molecule has 1 N–H and O–H groups in total. The minimum atomic E-state index is -3.68. The lowest BCUT2D eigenvalue weighted by Crippen LogP contribution is -2.27. The zero-order chi connectivity index (χ0) is 18.6. The van der Waals surface area contributed by atoms with E-state index in [1.165, 1.54) is 26.4 Å². The average molecular weight is 367 g/mol. The van der Waals surface area contributed by atoms with Gasteiger partial charge in [-0.05, 0) is 54.3 Å². The van der Waals surface area contributed by atoms with Crippen LogP contribution in [0.25, 0.3) is 11.1 Å². The third-order valence-corrected chi connectivity index (χ3v) is 5.48. The van der Waals surface area contributed by atoms with Crippen LogP contribution >= 0.6 is 0 Å². The van der Waals surface area contributed by atoms with Gasteiger partial charge in [0, 0.05) is 13.7 Å². The normalized spacial score (nSPS) is 11.6. The number of halogens is 1. The number of rotatable bonds is 7. The molecule has 2 rings (SSSR count). The number of hydrogen-bond donors (Lipinski definition) is 1. The second-order valence-corrected chi connectivity index (χ2v) is 7.41. The summed E-state index contributed by atoms with van der Waals surface area (Å²) >= 11 is 0. The van der Waals surface area contributed by atoms with Crippen LogP contribution in [0.1, 0.15) is 11.1 Å². The Hall–Kier alpha value is -1.96. The lowest BCUT2D eigenvalue weighted by atomic mass is 9.98. The van der Waals surface area contributed by atoms with Crippen molar-refractivity contribution in [1.29, 1.82) is 0 Å². The second kappa shape index (κ2) is 7.95. The molecule has 2 aromatic rings. The Labute approximate surface area is 147 Å². The van der Waals surface area contributed by atoms with Crippen LogP contribution in [0.5, 0.6) is 5.75 Å². The lowest BCUT2D eigenvalue weighted by Gasteiger charge is -2.14. The maximum absolute atomic E-state index is 14.0. The molecule has 136 valence electrons. The zero-order valence-electron chi connectivity index (χ0n) is 14.7. The van der Waals surface area contributed by atoms with Gasteiger partial charge in [-0.1, -0.05) is 12.1 Å². The molecule has 0 saturated carbocycles. The minimum absolute atomic E-state index is 0.141. The second-order valence-electron chi connectivity index (χ2n) is 5.67. The third-order valence-electron chi connectivity index (χ3n) is 3.87. The molecule has 0 aliphatic carbocycles. The highest BCUT2D eigenvalue weighted by atomic mass is 32.2. The molecular formula is C18H22FNO4S. The van der Waals surface area contributed by atoms with E-state index in [0.29, 0.717) is 16.7 Å². The smallest absolute Gasteiger partial charge is 0.240 e. The molecule has 25 heavy (non-hydrogen) atoms. The maximum atomic E-state index is 14.0. The Kier molecular flexibility index (Phi) is 6.16. The van der Waals surface area contributed by atoms with Crippen LogP contribution in [0.3, 0.4) is 0 Å². The first-order chi connectivity index (χ1) is 11.8. The van der Waals surface area contributed by atoms with Gasteiger partial charge in [-0.2, -0.15) is 0 Å². The Morgan fingerprint density at radius 2 is 1.80 bits per heavy atom. The van der Waals surface area contributed by atoms with Crippen LogP contribution in [-0.2, 0) is 14.8 Å². The van der Waals surface area contributed by atoms with Gasteiger partial charge in [-0.25, -0.2) is 17.5 Å². The number of methoxy groups -OCH3 is 2. The molecule has 0 aliphatic heterocycles. The van der Waals surface area contributed by atoms with E-state index in [2.05, 4.69) is 4.72 Å². The molecule has 0 spiro atoms. The summed E-state index contributed by atoms with van der Waals surface area (Å²) in [6.07, 6.45) is 0. The van der Waals surface area contributed by atoms with Crippen molar-refractivity contribution in [2.24, 2.45) is 0 Å². The fraction of sp³-hybridized carbons (Fsp3) is 0.333. The number of aryl methyl sites for hydroxylation is 2. The number of sulfonamides is 1. The van der Waals surface area contributed by atoms with E-state index in [1.54, 1.807) is 25.1 Å². The molecule has 0 amide bonds. The van der Waals surface area contributed by atoms with Crippen molar-refractivity contribution < 1.29 is 22.3 Å². The van der Waals surface area contributed by atoms with Crippen LogP contribution in [0.15, 0.2) is 35.2 Å². The van der Waals surface area contributed by atoms with Crippen molar-refractivity contribution in [1.82, 2.24) is 4.72 Å². The Bertz CT molecular complexity index is 866. The van der Waals surface area contributed by atoms with Crippen molar-refractivity contribution in [3.63, 3.8) is 0 Å². The van der Waals surface area contributed by atoms with E-state index >= 15 is 0 Å². The molecule has 0 unspecified atom stereocenters. The molecule has 0 aromatic heterocycles. The Balaban J connectivity index is 2.49. The van der Waals surface area contributed by atoms with Gasteiger partial charge >= 0.3 is 0 Å². The van der Waals surface area contributed by atoms with Crippen LogP contribution < -0.4 is 9.46 Å². The van der Waals surface area contributed by atoms with Gasteiger partial charge in [0.1, 0.15) is 0 Å². The summed E-state index contributed by atoms with van der Waals surface area (Å²) in [5.74, 6) is -0.356. The third kappa shape index (κ3) is 4.36. The number of nitrogens with one attached hydrogen (secondary N) is 1. The van der Waals surface area contributed by atoms with Gasteiger partial charge in [-0.15, -0.1) is 0 Å². The van der Waals surface area contributed by atoms with Crippen molar-refractivity contribution in [3.8, 4) is 16.9 Å². The quantitative estimate of drug-likeness (QED) is 0.764. The molecular weight excluding hydrogens is 345 g/mol. The highest BCUT2D eigenvalue weighted by molar-refractivity contribution is 7.89. The maximum Gasteiger partial charge on any atom is 0.240 e. The molecule has 0 radical (unpaired) electrons. The highest BCUT2D eigenvalue weighted by Crippen LogP contribution is 2.31. The van der Waals surface area contributed by atoms with E-state index in [4.69, 9.17) is 9.47 Å². The highest BCUT2D eigenvalue weighted by Gasteiger charge is 2.19. The van der Waals surface area contributed by atoms with Crippen molar-refractivity contribution in [2.75, 3.05) is 27.4 Å². The summed E-state index contributed by atoms with van der Waals surface area (Å²) < 4.78 is 51.4. The largest absolute Gasteiger partial charge is 0.494 e. The van der Waals surface area contributed by atoms with Crippen molar-refractivity contribution in [3.05, 3.63) is 47.3 Å². The fourth-order valence-electron chi connectivity index (χ4n) is 2.62. The summed E-state index contributed by atoms with van der Waals surface area (Å²) in [7, 11) is -0.786. The number of hydrogen-bond acceptors (Lipinski definition) is 4. The first kappa shape index (κ1) is 19.4. The lowest BCUT2D eigenvalue weighted by molar-refractivity contribution is 0.204. The SMILES string of the molecule is COCCNS(=O)(=O)c1cc(-c2ccc(OC)c(F)c2)c(C)cc1C. The Morgan fingerprint density at radius 3 is 2.40 bits per heavy atom. The summed E-state index contributed by atoms with van der Waals surface area (Å²) in [5.41, 5.74) is 2.72. The topological polar surface area (TPSA) is 64.6 Å². The minimum Gasteiger partial charge on any atom is -0.494 e. The molecule has 5 nitrogen and oxygen atoms in total. The van der Waals surface area contributed by atoms with Crippen LogP contribution in [-0.4, -0.2) is 35.8 Å². The molecule has 2 aromatic carbocycles. The van der Waals surface area contributed by atoms with Crippen molar-refractivity contribution in [2.45, 2.75) is 18.7 Å². The van der Waals surface area contributed by atoms with E-state index in [-0.39, 0.29) is 23.8 Å². The summed E-state index contributed by atoms with van der Waals surface area (Å²) in [6.45, 7) is 4.05. The summed E-state index contributed by atoms with van der Waals surface area (Å²) in [6, 6.07) is 7.91. The first-order valence-electron chi connectivity index (χ1n) is 7.74. The van der Waals surface area contributed by atoms with Gasteiger partial charge in [-0.3, -0.25) is 0 Å². The zero-order valence-corrected chi connectivity index (χ0v) is 15.5. The monoisotopic (exact) mass is 367 g/mol. The molecule has 0 aliphatic rings. The number of ether oxygens (including phenoxy) is 2. The van der Waals surface area contributed by atoms with Gasteiger partial charge < -0.3 is 9.47 Å². The van der Waals surface area contributed by atoms with Gasteiger partial charge in [0.05, 0.1) is 18.6 Å². The van der Waals surface area contributed by atoms with Gasteiger partial charge in [0.25, 0.3) is 0 Å². The predicted molar refractivity (Wildman–Crippen MR) is 94.9 cm³/mol.